The van der Waals surface area contributed by atoms with Crippen LogP contribution in [0.1, 0.15) is 0 Å². The fourth-order valence-electron chi connectivity index (χ4n) is 2.29. The summed E-state index contributed by atoms with van der Waals surface area (Å²) >= 11 is 0. The first kappa shape index (κ1) is 11.5. The van der Waals surface area contributed by atoms with Crippen molar-refractivity contribution in [3.63, 3.8) is 0 Å². The van der Waals surface area contributed by atoms with Crippen molar-refractivity contribution >= 4 is 16.7 Å². The van der Waals surface area contributed by atoms with Crippen molar-refractivity contribution < 1.29 is 0 Å². The minimum Gasteiger partial charge on any atom is -0.399 e. The summed E-state index contributed by atoms with van der Waals surface area (Å²) < 4.78 is 2.15. The molecule has 0 fully saturated rings. The molecule has 0 bridgehead atoms. The molecule has 3 aromatic rings. The Hall–Kier alpha value is -2.55. The average Bonchev–Trinajstić information content (AvgIpc) is 2.79. The van der Waals surface area contributed by atoms with Crippen LogP contribution >= 0.6 is 0 Å². The number of para-hydroxylation sites is 2. The van der Waals surface area contributed by atoms with Gasteiger partial charge < -0.3 is 10.3 Å². The molecule has 2 aromatic carbocycles. The summed E-state index contributed by atoms with van der Waals surface area (Å²) in [6, 6.07) is 15.9. The Labute approximate surface area is 112 Å². The Morgan fingerprint density at radius 1 is 1.16 bits per heavy atom. The second kappa shape index (κ2) is 4.61. The quantitative estimate of drug-likeness (QED) is 0.570. The molecular formula is C16H15N3. The van der Waals surface area contributed by atoms with Crippen LogP contribution in [0.15, 0.2) is 61.2 Å². The van der Waals surface area contributed by atoms with E-state index in [-0.39, 0.29) is 0 Å². The van der Waals surface area contributed by atoms with Crippen LogP contribution < -0.4 is 5.73 Å². The zero-order chi connectivity index (χ0) is 13.2. The molecule has 2 N–H and O–H groups in total. The van der Waals surface area contributed by atoms with Gasteiger partial charge in [-0.05, 0) is 24.3 Å². The molecule has 1 heterocycles. The Morgan fingerprint density at radius 2 is 2.00 bits per heavy atom. The zero-order valence-electron chi connectivity index (χ0n) is 10.6. The molecule has 0 unspecified atom stereocenters. The molecule has 3 rings (SSSR count). The number of hydrogen-bond acceptors (Lipinski definition) is 2. The lowest BCUT2D eigenvalue weighted by molar-refractivity contribution is 0.862. The van der Waals surface area contributed by atoms with E-state index in [2.05, 4.69) is 17.2 Å². The third-order valence-electron chi connectivity index (χ3n) is 3.11. The number of nitrogen functional groups attached to an aromatic ring is 1. The maximum absolute atomic E-state index is 5.86. The summed E-state index contributed by atoms with van der Waals surface area (Å²) in [5.41, 5.74) is 9.73. The molecule has 0 aliphatic rings. The van der Waals surface area contributed by atoms with E-state index in [1.807, 2.05) is 48.5 Å². The Kier molecular flexibility index (Phi) is 2.80. The molecule has 19 heavy (non-hydrogen) atoms. The summed E-state index contributed by atoms with van der Waals surface area (Å²) in [5, 5.41) is 0. The van der Waals surface area contributed by atoms with Crippen LogP contribution in [0.25, 0.3) is 22.4 Å². The fourth-order valence-corrected chi connectivity index (χ4v) is 2.29. The molecule has 0 spiro atoms. The van der Waals surface area contributed by atoms with E-state index >= 15 is 0 Å². The SMILES string of the molecule is C=CCn1c(-c2cccc(N)c2)nc2ccccc21. The maximum atomic E-state index is 5.86. The number of benzene rings is 2. The second-order valence-corrected chi connectivity index (χ2v) is 4.45. The maximum Gasteiger partial charge on any atom is 0.141 e. The van der Waals surface area contributed by atoms with Gasteiger partial charge in [0.05, 0.1) is 11.0 Å². The van der Waals surface area contributed by atoms with Crippen molar-refractivity contribution in [1.82, 2.24) is 9.55 Å². The number of allylic oxidation sites excluding steroid dienone is 1. The molecule has 0 atom stereocenters. The van der Waals surface area contributed by atoms with Crippen molar-refractivity contribution in [1.29, 1.82) is 0 Å². The molecule has 0 saturated carbocycles. The lowest BCUT2D eigenvalue weighted by Gasteiger charge is -2.07. The van der Waals surface area contributed by atoms with Crippen molar-refractivity contribution in [2.24, 2.45) is 0 Å². The molecule has 0 radical (unpaired) electrons. The number of hydrogen-bond donors (Lipinski definition) is 1. The Morgan fingerprint density at radius 3 is 2.79 bits per heavy atom. The van der Waals surface area contributed by atoms with Gasteiger partial charge >= 0.3 is 0 Å². The van der Waals surface area contributed by atoms with Crippen LogP contribution in [0, 0.1) is 0 Å². The minimum absolute atomic E-state index is 0.727. The normalized spacial score (nSPS) is 10.7. The zero-order valence-corrected chi connectivity index (χ0v) is 10.6. The molecule has 1 aromatic heterocycles. The van der Waals surface area contributed by atoms with Crippen LogP contribution in [-0.4, -0.2) is 9.55 Å². The van der Waals surface area contributed by atoms with Gasteiger partial charge in [-0.1, -0.05) is 30.3 Å². The van der Waals surface area contributed by atoms with E-state index in [0.29, 0.717) is 0 Å². The van der Waals surface area contributed by atoms with Gasteiger partial charge in [0.2, 0.25) is 0 Å². The predicted octanol–water partition coefficient (Wildman–Crippen LogP) is 3.47. The molecular weight excluding hydrogens is 234 g/mol. The van der Waals surface area contributed by atoms with E-state index in [1.54, 1.807) is 0 Å². The molecule has 0 saturated heterocycles. The van der Waals surface area contributed by atoms with Gasteiger partial charge in [-0.2, -0.15) is 0 Å². The summed E-state index contributed by atoms with van der Waals surface area (Å²) in [6.45, 7) is 4.55. The predicted molar refractivity (Wildman–Crippen MR) is 79.8 cm³/mol. The van der Waals surface area contributed by atoms with Gasteiger partial charge in [-0.25, -0.2) is 4.98 Å². The number of anilines is 1. The summed E-state index contributed by atoms with van der Waals surface area (Å²) in [6.07, 6.45) is 1.88. The summed E-state index contributed by atoms with van der Waals surface area (Å²) in [5.74, 6) is 0.924. The summed E-state index contributed by atoms with van der Waals surface area (Å²) in [7, 11) is 0. The van der Waals surface area contributed by atoms with Crippen molar-refractivity contribution in [3.05, 3.63) is 61.2 Å². The van der Waals surface area contributed by atoms with E-state index in [4.69, 9.17) is 10.7 Å². The standard InChI is InChI=1S/C16H15N3/c1-2-10-19-15-9-4-3-8-14(15)18-16(19)12-6-5-7-13(17)11-12/h2-9,11H,1,10,17H2. The number of nitrogens with two attached hydrogens (primary N) is 1. The topological polar surface area (TPSA) is 43.8 Å². The molecule has 3 heteroatoms. The van der Waals surface area contributed by atoms with Crippen LogP contribution in [-0.2, 0) is 6.54 Å². The number of imidazole rings is 1. The highest BCUT2D eigenvalue weighted by atomic mass is 15.1. The highest BCUT2D eigenvalue weighted by Gasteiger charge is 2.11. The average molecular weight is 249 g/mol. The molecule has 0 aliphatic carbocycles. The molecule has 3 nitrogen and oxygen atoms in total. The van der Waals surface area contributed by atoms with E-state index in [0.717, 1.165) is 34.7 Å². The third-order valence-corrected chi connectivity index (χ3v) is 3.11. The first-order chi connectivity index (χ1) is 9.29. The van der Waals surface area contributed by atoms with Gasteiger partial charge in [0.15, 0.2) is 0 Å². The Bertz CT molecular complexity index is 741. The van der Waals surface area contributed by atoms with Crippen LogP contribution in [0.5, 0.6) is 0 Å². The van der Waals surface area contributed by atoms with Crippen LogP contribution in [0.2, 0.25) is 0 Å². The highest BCUT2D eigenvalue weighted by Crippen LogP contribution is 2.25. The highest BCUT2D eigenvalue weighted by molar-refractivity contribution is 5.81. The smallest absolute Gasteiger partial charge is 0.141 e. The van der Waals surface area contributed by atoms with Crippen molar-refractivity contribution in [3.8, 4) is 11.4 Å². The largest absolute Gasteiger partial charge is 0.399 e. The first-order valence-corrected chi connectivity index (χ1v) is 6.21. The van der Waals surface area contributed by atoms with Gasteiger partial charge in [0.25, 0.3) is 0 Å². The van der Waals surface area contributed by atoms with E-state index in [9.17, 15) is 0 Å². The van der Waals surface area contributed by atoms with Crippen molar-refractivity contribution in [2.45, 2.75) is 6.54 Å². The minimum atomic E-state index is 0.727. The number of rotatable bonds is 3. The van der Waals surface area contributed by atoms with Crippen LogP contribution in [0.4, 0.5) is 5.69 Å². The van der Waals surface area contributed by atoms with E-state index < -0.39 is 0 Å². The fraction of sp³-hybridized carbons (Fsp3) is 0.0625. The van der Waals surface area contributed by atoms with E-state index in [1.165, 1.54) is 0 Å². The monoisotopic (exact) mass is 249 g/mol. The summed E-state index contributed by atoms with van der Waals surface area (Å²) in [4.78, 5) is 4.70. The molecule has 0 amide bonds. The number of aromatic nitrogens is 2. The first-order valence-electron chi connectivity index (χ1n) is 6.21. The lowest BCUT2D eigenvalue weighted by Crippen LogP contribution is -1.98. The van der Waals surface area contributed by atoms with Gasteiger partial charge in [0.1, 0.15) is 5.82 Å². The molecule has 0 aliphatic heterocycles. The third kappa shape index (κ3) is 1.99. The second-order valence-electron chi connectivity index (χ2n) is 4.45. The van der Waals surface area contributed by atoms with Gasteiger partial charge in [-0.15, -0.1) is 6.58 Å². The lowest BCUT2D eigenvalue weighted by atomic mass is 10.2. The number of fused-ring (bicyclic) bond motifs is 1. The van der Waals surface area contributed by atoms with Crippen molar-refractivity contribution in [2.75, 3.05) is 5.73 Å². The Balaban J connectivity index is 2.27. The van der Waals surface area contributed by atoms with Gasteiger partial charge in [0, 0.05) is 17.8 Å². The number of nitrogens with zero attached hydrogens (tertiary/aromatic N) is 2. The van der Waals surface area contributed by atoms with Gasteiger partial charge in [-0.3, -0.25) is 0 Å². The molecule has 94 valence electrons. The van der Waals surface area contributed by atoms with Crippen LogP contribution in [0.3, 0.4) is 0 Å².